The summed E-state index contributed by atoms with van der Waals surface area (Å²) in [6.07, 6.45) is 0. The predicted molar refractivity (Wildman–Crippen MR) is 75.7 cm³/mol. The molecular weight excluding hydrogens is 226 g/mol. The molecule has 0 unspecified atom stereocenters. The minimum Gasteiger partial charge on any atom is -0.492 e. The summed E-state index contributed by atoms with van der Waals surface area (Å²) in [5.74, 6) is 0.823. The molecule has 0 aliphatic heterocycles. The summed E-state index contributed by atoms with van der Waals surface area (Å²) < 4.78 is 5.56. The van der Waals surface area contributed by atoms with Gasteiger partial charge in [-0.15, -0.1) is 0 Å². The summed E-state index contributed by atoms with van der Waals surface area (Å²) in [6.45, 7) is 1.32. The first-order chi connectivity index (χ1) is 8.74. The van der Waals surface area contributed by atoms with Crippen LogP contribution in [0, 0.1) is 0 Å². The molecule has 5 N–H and O–H groups in total. The molecule has 0 heterocycles. The number of hydrogen-bond donors (Lipinski definition) is 3. The van der Waals surface area contributed by atoms with Crippen molar-refractivity contribution in [2.75, 3.05) is 29.9 Å². The Bertz CT molecular complexity index is 432. The Balaban J connectivity index is 1.73. The number of ether oxygens (including phenoxy) is 1. The number of anilines is 3. The number of rotatable bonds is 5. The van der Waals surface area contributed by atoms with Gasteiger partial charge in [0.15, 0.2) is 0 Å². The number of nitrogen functional groups attached to an aromatic ring is 2. The van der Waals surface area contributed by atoms with E-state index < -0.39 is 0 Å². The van der Waals surface area contributed by atoms with Crippen LogP contribution in [0.1, 0.15) is 0 Å². The SMILES string of the molecule is Nc1ccc(NCCOc2ccc(N)cc2)cc1. The van der Waals surface area contributed by atoms with Crippen molar-refractivity contribution in [3.63, 3.8) is 0 Å². The van der Waals surface area contributed by atoms with E-state index in [1.165, 1.54) is 0 Å². The molecule has 4 heteroatoms. The van der Waals surface area contributed by atoms with Gasteiger partial charge < -0.3 is 21.5 Å². The van der Waals surface area contributed by atoms with Crippen LogP contribution in [0.4, 0.5) is 17.1 Å². The van der Waals surface area contributed by atoms with E-state index >= 15 is 0 Å². The van der Waals surface area contributed by atoms with E-state index in [1.54, 1.807) is 0 Å². The van der Waals surface area contributed by atoms with E-state index in [0.29, 0.717) is 6.61 Å². The highest BCUT2D eigenvalue weighted by Gasteiger charge is 1.94. The lowest BCUT2D eigenvalue weighted by Crippen LogP contribution is -2.11. The molecule has 4 nitrogen and oxygen atoms in total. The zero-order chi connectivity index (χ0) is 12.8. The molecule has 0 bridgehead atoms. The van der Waals surface area contributed by atoms with Crippen molar-refractivity contribution in [2.45, 2.75) is 0 Å². The molecule has 18 heavy (non-hydrogen) atoms. The maximum Gasteiger partial charge on any atom is 0.119 e. The first kappa shape index (κ1) is 12.1. The Labute approximate surface area is 107 Å². The Kier molecular flexibility index (Phi) is 3.91. The van der Waals surface area contributed by atoms with Crippen LogP contribution in [0.25, 0.3) is 0 Å². The maximum atomic E-state index is 5.61. The van der Waals surface area contributed by atoms with Gasteiger partial charge >= 0.3 is 0 Å². The molecule has 0 saturated carbocycles. The standard InChI is InChI=1S/C14H17N3O/c15-11-1-5-13(6-2-11)17-9-10-18-14-7-3-12(16)4-8-14/h1-8,17H,9-10,15-16H2. The third-order valence-corrected chi connectivity index (χ3v) is 2.49. The Morgan fingerprint density at radius 3 is 2.00 bits per heavy atom. The van der Waals surface area contributed by atoms with Crippen molar-refractivity contribution in [1.82, 2.24) is 0 Å². The van der Waals surface area contributed by atoms with Crippen LogP contribution in [0.3, 0.4) is 0 Å². The van der Waals surface area contributed by atoms with Gasteiger partial charge in [-0.1, -0.05) is 0 Å². The molecule has 0 spiro atoms. The van der Waals surface area contributed by atoms with E-state index in [2.05, 4.69) is 5.32 Å². The minimum atomic E-state index is 0.592. The second-order valence-corrected chi connectivity index (χ2v) is 3.97. The van der Waals surface area contributed by atoms with E-state index in [9.17, 15) is 0 Å². The smallest absolute Gasteiger partial charge is 0.119 e. The molecule has 0 aliphatic rings. The first-order valence-electron chi connectivity index (χ1n) is 5.82. The summed E-state index contributed by atoms with van der Waals surface area (Å²) in [5.41, 5.74) is 13.7. The molecule has 0 atom stereocenters. The van der Waals surface area contributed by atoms with Gasteiger partial charge in [-0.05, 0) is 48.5 Å². The first-order valence-corrected chi connectivity index (χ1v) is 5.82. The molecule has 2 rings (SSSR count). The Morgan fingerprint density at radius 1 is 0.833 bits per heavy atom. The fourth-order valence-electron chi connectivity index (χ4n) is 1.53. The number of benzene rings is 2. The van der Waals surface area contributed by atoms with Crippen LogP contribution in [0.5, 0.6) is 5.75 Å². The number of nitrogens with two attached hydrogens (primary N) is 2. The van der Waals surface area contributed by atoms with Gasteiger partial charge in [-0.3, -0.25) is 0 Å². The number of nitrogens with one attached hydrogen (secondary N) is 1. The summed E-state index contributed by atoms with van der Waals surface area (Å²) in [6, 6.07) is 15.0. The molecular formula is C14H17N3O. The van der Waals surface area contributed by atoms with Crippen LogP contribution in [0.2, 0.25) is 0 Å². The quantitative estimate of drug-likeness (QED) is 0.556. The van der Waals surface area contributed by atoms with Crippen molar-refractivity contribution in [3.8, 4) is 5.75 Å². The maximum absolute atomic E-state index is 5.61. The molecule has 0 fully saturated rings. The molecule has 2 aromatic carbocycles. The monoisotopic (exact) mass is 243 g/mol. The molecule has 2 aromatic rings. The van der Waals surface area contributed by atoms with Gasteiger partial charge in [0.2, 0.25) is 0 Å². The summed E-state index contributed by atoms with van der Waals surface area (Å²) in [4.78, 5) is 0. The van der Waals surface area contributed by atoms with Gasteiger partial charge in [-0.2, -0.15) is 0 Å². The normalized spacial score (nSPS) is 10.0. The summed E-state index contributed by atoms with van der Waals surface area (Å²) >= 11 is 0. The van der Waals surface area contributed by atoms with Crippen molar-refractivity contribution < 1.29 is 4.74 Å². The van der Waals surface area contributed by atoms with Gasteiger partial charge in [0.05, 0.1) is 0 Å². The van der Waals surface area contributed by atoms with E-state index in [-0.39, 0.29) is 0 Å². The lowest BCUT2D eigenvalue weighted by atomic mass is 10.3. The molecule has 94 valence electrons. The summed E-state index contributed by atoms with van der Waals surface area (Å²) in [7, 11) is 0. The number of hydrogen-bond acceptors (Lipinski definition) is 4. The highest BCUT2D eigenvalue weighted by Crippen LogP contribution is 2.13. The largest absolute Gasteiger partial charge is 0.492 e. The zero-order valence-corrected chi connectivity index (χ0v) is 10.1. The molecule has 0 radical (unpaired) electrons. The van der Waals surface area contributed by atoms with Gasteiger partial charge in [0, 0.05) is 23.6 Å². The lowest BCUT2D eigenvalue weighted by Gasteiger charge is -2.09. The predicted octanol–water partition coefficient (Wildman–Crippen LogP) is 2.34. The van der Waals surface area contributed by atoms with Crippen LogP contribution < -0.4 is 21.5 Å². The Morgan fingerprint density at radius 2 is 1.39 bits per heavy atom. The molecule has 0 aromatic heterocycles. The van der Waals surface area contributed by atoms with Crippen LogP contribution in [0.15, 0.2) is 48.5 Å². The second kappa shape index (κ2) is 5.82. The zero-order valence-electron chi connectivity index (χ0n) is 10.1. The van der Waals surface area contributed by atoms with E-state index in [4.69, 9.17) is 16.2 Å². The molecule has 0 saturated heterocycles. The fraction of sp³-hybridized carbons (Fsp3) is 0.143. The molecule has 0 aliphatic carbocycles. The van der Waals surface area contributed by atoms with Crippen molar-refractivity contribution in [2.24, 2.45) is 0 Å². The highest BCUT2D eigenvalue weighted by atomic mass is 16.5. The van der Waals surface area contributed by atoms with Crippen LogP contribution in [-0.4, -0.2) is 13.2 Å². The Hall–Kier alpha value is -2.36. The topological polar surface area (TPSA) is 73.3 Å². The van der Waals surface area contributed by atoms with Crippen LogP contribution >= 0.6 is 0 Å². The third-order valence-electron chi connectivity index (χ3n) is 2.49. The minimum absolute atomic E-state index is 0.592. The van der Waals surface area contributed by atoms with Crippen molar-refractivity contribution in [1.29, 1.82) is 0 Å². The van der Waals surface area contributed by atoms with Crippen molar-refractivity contribution >= 4 is 17.1 Å². The fourth-order valence-corrected chi connectivity index (χ4v) is 1.53. The molecule has 0 amide bonds. The summed E-state index contributed by atoms with van der Waals surface area (Å²) in [5, 5.41) is 3.25. The lowest BCUT2D eigenvalue weighted by molar-refractivity contribution is 0.333. The van der Waals surface area contributed by atoms with Crippen LogP contribution in [-0.2, 0) is 0 Å². The van der Waals surface area contributed by atoms with Gasteiger partial charge in [0.25, 0.3) is 0 Å². The van der Waals surface area contributed by atoms with E-state index in [1.807, 2.05) is 48.5 Å². The average Bonchev–Trinajstić information content (AvgIpc) is 2.39. The van der Waals surface area contributed by atoms with Gasteiger partial charge in [0.1, 0.15) is 12.4 Å². The van der Waals surface area contributed by atoms with Crippen molar-refractivity contribution in [3.05, 3.63) is 48.5 Å². The van der Waals surface area contributed by atoms with E-state index in [0.717, 1.165) is 29.4 Å². The third kappa shape index (κ3) is 3.59. The highest BCUT2D eigenvalue weighted by molar-refractivity contribution is 5.51. The van der Waals surface area contributed by atoms with Gasteiger partial charge in [-0.25, -0.2) is 0 Å². The second-order valence-electron chi connectivity index (χ2n) is 3.97. The average molecular weight is 243 g/mol.